The van der Waals surface area contributed by atoms with Crippen molar-refractivity contribution in [1.82, 2.24) is 0 Å². The Hall–Kier alpha value is -1.47. The molecule has 1 aliphatic heterocycles. The van der Waals surface area contributed by atoms with Crippen LogP contribution in [0.25, 0.3) is 11.1 Å². The van der Waals surface area contributed by atoms with Crippen LogP contribution in [0, 0.1) is 0 Å². The molecule has 1 aliphatic rings. The van der Waals surface area contributed by atoms with Gasteiger partial charge in [0.25, 0.3) is 0 Å². The molecule has 0 aromatic heterocycles. The molecule has 0 bridgehead atoms. The first-order valence-electron chi connectivity index (χ1n) is 4.73. The monoisotopic (exact) mass is 193 g/mol. The van der Waals surface area contributed by atoms with Gasteiger partial charge in [-0.3, -0.25) is 0 Å². The second-order valence-corrected chi connectivity index (χ2v) is 4.54. The van der Waals surface area contributed by atoms with Gasteiger partial charge in [-0.25, -0.2) is 0 Å². The summed E-state index contributed by atoms with van der Waals surface area (Å²) < 4.78 is 0. The standard InChI is InChI=1S/C13H9Si/c1-2-6-11-10(5-1)9-14-13-8-4-3-7-12(11)13/h1-9H. The summed E-state index contributed by atoms with van der Waals surface area (Å²) in [6.07, 6.45) is 0. The molecule has 0 unspecified atom stereocenters. The van der Waals surface area contributed by atoms with Gasteiger partial charge >= 0.3 is 0 Å². The van der Waals surface area contributed by atoms with Crippen LogP contribution < -0.4 is 5.19 Å². The van der Waals surface area contributed by atoms with Crippen LogP contribution in [-0.4, -0.2) is 14.8 Å². The third-order valence-electron chi connectivity index (χ3n) is 2.56. The maximum absolute atomic E-state index is 2.33. The number of hydrogen-bond donors (Lipinski definition) is 0. The van der Waals surface area contributed by atoms with E-state index in [4.69, 9.17) is 0 Å². The van der Waals surface area contributed by atoms with E-state index in [2.05, 4.69) is 54.2 Å². The van der Waals surface area contributed by atoms with Crippen molar-refractivity contribution in [2.75, 3.05) is 0 Å². The predicted octanol–water partition coefficient (Wildman–Crippen LogP) is 1.85. The minimum Gasteiger partial charge on any atom is -0.0688 e. The minimum atomic E-state index is 0.815. The molecule has 14 heavy (non-hydrogen) atoms. The molecule has 0 atom stereocenters. The zero-order valence-electron chi connectivity index (χ0n) is 7.70. The summed E-state index contributed by atoms with van der Waals surface area (Å²) in [5.41, 5.74) is 6.49. The molecule has 2 aromatic carbocycles. The highest BCUT2D eigenvalue weighted by Crippen LogP contribution is 2.21. The van der Waals surface area contributed by atoms with Gasteiger partial charge < -0.3 is 0 Å². The third-order valence-corrected chi connectivity index (χ3v) is 3.76. The van der Waals surface area contributed by atoms with E-state index in [-0.39, 0.29) is 0 Å². The number of fused-ring (bicyclic) bond motifs is 3. The molecular formula is C13H9Si. The summed E-state index contributed by atoms with van der Waals surface area (Å²) in [5, 5.41) is 1.46. The normalized spacial score (nSPS) is 12.0. The molecule has 1 radical (unpaired) electrons. The molecule has 2 aromatic rings. The number of benzene rings is 2. The quantitative estimate of drug-likeness (QED) is 0.478. The molecule has 0 spiro atoms. The van der Waals surface area contributed by atoms with Crippen molar-refractivity contribution in [3.05, 3.63) is 54.1 Å². The molecular weight excluding hydrogens is 184 g/mol. The van der Waals surface area contributed by atoms with Gasteiger partial charge in [-0.1, -0.05) is 54.2 Å². The maximum Gasteiger partial charge on any atom is 0.0612 e. The number of rotatable bonds is 0. The summed E-state index contributed by atoms with van der Waals surface area (Å²) in [5.74, 6) is 0. The topological polar surface area (TPSA) is 0 Å². The Morgan fingerprint density at radius 2 is 1.43 bits per heavy atom. The second kappa shape index (κ2) is 3.03. The summed E-state index contributed by atoms with van der Waals surface area (Å²) in [6.45, 7) is 0. The Bertz CT molecular complexity index is 465. The van der Waals surface area contributed by atoms with Crippen LogP contribution in [0.2, 0.25) is 0 Å². The van der Waals surface area contributed by atoms with E-state index >= 15 is 0 Å². The zero-order valence-corrected chi connectivity index (χ0v) is 8.70. The van der Waals surface area contributed by atoms with Crippen molar-refractivity contribution < 1.29 is 0 Å². The van der Waals surface area contributed by atoms with E-state index in [1.807, 2.05) is 0 Å². The highest BCUT2D eigenvalue weighted by molar-refractivity contribution is 6.66. The van der Waals surface area contributed by atoms with Gasteiger partial charge in [-0.05, 0) is 21.9 Å². The maximum atomic E-state index is 2.33. The molecule has 1 heteroatoms. The summed E-state index contributed by atoms with van der Waals surface area (Å²) in [7, 11) is 0.815. The first kappa shape index (κ1) is 7.89. The lowest BCUT2D eigenvalue weighted by Crippen LogP contribution is -2.17. The van der Waals surface area contributed by atoms with E-state index in [0.29, 0.717) is 0 Å². The van der Waals surface area contributed by atoms with Crippen LogP contribution in [0.15, 0.2) is 48.5 Å². The first-order valence-corrected chi connectivity index (χ1v) is 5.81. The van der Waals surface area contributed by atoms with Crippen LogP contribution in [0.1, 0.15) is 5.56 Å². The zero-order chi connectivity index (χ0) is 9.38. The molecule has 65 valence electrons. The Labute approximate surface area is 85.7 Å². The van der Waals surface area contributed by atoms with E-state index in [1.54, 1.807) is 0 Å². The summed E-state index contributed by atoms with van der Waals surface area (Å²) >= 11 is 0. The highest BCUT2D eigenvalue weighted by atomic mass is 28.2. The minimum absolute atomic E-state index is 0.815. The fourth-order valence-electron chi connectivity index (χ4n) is 1.87. The fraction of sp³-hybridized carbons (Fsp3) is 0. The van der Waals surface area contributed by atoms with Crippen LogP contribution in [-0.2, 0) is 0 Å². The van der Waals surface area contributed by atoms with Crippen molar-refractivity contribution in [3.8, 4) is 11.1 Å². The largest absolute Gasteiger partial charge is 0.0688 e. The molecule has 0 saturated carbocycles. The van der Waals surface area contributed by atoms with Gasteiger partial charge in [0.05, 0.1) is 9.13 Å². The van der Waals surface area contributed by atoms with Gasteiger partial charge in [-0.2, -0.15) is 0 Å². The first-order chi connectivity index (χ1) is 6.95. The van der Waals surface area contributed by atoms with Crippen LogP contribution >= 0.6 is 0 Å². The average Bonchev–Trinajstić information content (AvgIpc) is 2.29. The highest BCUT2D eigenvalue weighted by Gasteiger charge is 2.09. The Balaban J connectivity index is 2.36. The molecule has 0 N–H and O–H groups in total. The predicted molar refractivity (Wildman–Crippen MR) is 62.4 cm³/mol. The smallest absolute Gasteiger partial charge is 0.0612 e. The van der Waals surface area contributed by atoms with E-state index in [9.17, 15) is 0 Å². The van der Waals surface area contributed by atoms with Gasteiger partial charge in [0.2, 0.25) is 0 Å². The summed E-state index contributed by atoms with van der Waals surface area (Å²) in [6, 6.07) is 17.3. The lowest BCUT2D eigenvalue weighted by molar-refractivity contribution is 1.62. The fourth-order valence-corrected chi connectivity index (χ4v) is 3.00. The van der Waals surface area contributed by atoms with E-state index in [1.165, 1.54) is 21.9 Å². The van der Waals surface area contributed by atoms with Crippen LogP contribution in [0.3, 0.4) is 0 Å². The van der Waals surface area contributed by atoms with E-state index in [0.717, 1.165) is 9.13 Å². The molecule has 0 amide bonds. The molecule has 0 nitrogen and oxygen atoms in total. The molecule has 0 fully saturated rings. The third kappa shape index (κ3) is 1.10. The Morgan fingerprint density at radius 1 is 0.714 bits per heavy atom. The van der Waals surface area contributed by atoms with Crippen molar-refractivity contribution in [3.63, 3.8) is 0 Å². The van der Waals surface area contributed by atoms with Crippen molar-refractivity contribution in [2.45, 2.75) is 0 Å². The van der Waals surface area contributed by atoms with Crippen LogP contribution in [0.4, 0.5) is 0 Å². The number of hydrogen-bond acceptors (Lipinski definition) is 0. The van der Waals surface area contributed by atoms with Crippen molar-refractivity contribution in [2.24, 2.45) is 0 Å². The lowest BCUT2D eigenvalue weighted by Gasteiger charge is -2.13. The van der Waals surface area contributed by atoms with Gasteiger partial charge in [0, 0.05) is 0 Å². The molecule has 0 aliphatic carbocycles. The summed E-state index contributed by atoms with van der Waals surface area (Å²) in [4.78, 5) is 0. The van der Waals surface area contributed by atoms with Gasteiger partial charge in [0.15, 0.2) is 0 Å². The Morgan fingerprint density at radius 3 is 2.36 bits per heavy atom. The van der Waals surface area contributed by atoms with Crippen LogP contribution in [0.5, 0.6) is 0 Å². The lowest BCUT2D eigenvalue weighted by atomic mass is 10.0. The second-order valence-electron chi connectivity index (χ2n) is 3.42. The van der Waals surface area contributed by atoms with Gasteiger partial charge in [-0.15, -0.1) is 0 Å². The molecule has 3 rings (SSSR count). The van der Waals surface area contributed by atoms with Gasteiger partial charge in [0.1, 0.15) is 0 Å². The van der Waals surface area contributed by atoms with Crippen molar-refractivity contribution in [1.29, 1.82) is 0 Å². The average molecular weight is 193 g/mol. The van der Waals surface area contributed by atoms with Crippen molar-refractivity contribution >= 4 is 20.0 Å². The SMILES string of the molecule is C1=[Si]c2ccccc2-c2ccccc21. The van der Waals surface area contributed by atoms with E-state index < -0.39 is 0 Å². The Kier molecular flexibility index (Phi) is 1.71. The molecule has 0 saturated heterocycles. The molecule has 1 heterocycles.